The molecule has 2 rings (SSSR count). The Morgan fingerprint density at radius 1 is 1.28 bits per heavy atom. The first-order chi connectivity index (χ1) is 8.65. The number of anilines is 1. The van der Waals surface area contributed by atoms with Gasteiger partial charge in [0.25, 0.3) is 0 Å². The van der Waals surface area contributed by atoms with E-state index in [1.165, 1.54) is 12.1 Å². The third kappa shape index (κ3) is 3.86. The number of hydrogen-bond donors (Lipinski definition) is 1. The highest BCUT2D eigenvalue weighted by molar-refractivity contribution is 7.99. The summed E-state index contributed by atoms with van der Waals surface area (Å²) in [4.78, 5) is 5.79. The summed E-state index contributed by atoms with van der Waals surface area (Å²) >= 11 is 1.70. The van der Waals surface area contributed by atoms with Crippen molar-refractivity contribution in [2.75, 3.05) is 51.3 Å². The summed E-state index contributed by atoms with van der Waals surface area (Å²) in [7, 11) is 2.16. The van der Waals surface area contributed by atoms with Gasteiger partial charge in [0.15, 0.2) is 0 Å². The lowest BCUT2D eigenvalue weighted by Gasteiger charge is -2.32. The Bertz CT molecular complexity index is 392. The molecule has 1 fully saturated rings. The number of nitrogens with zero attached hydrogens (tertiary/aromatic N) is 2. The molecule has 3 nitrogen and oxygen atoms in total. The molecule has 0 spiro atoms. The Morgan fingerprint density at radius 2 is 2.00 bits per heavy atom. The summed E-state index contributed by atoms with van der Waals surface area (Å²) in [6.45, 7) is 5.62. The highest BCUT2D eigenvalue weighted by Crippen LogP contribution is 2.25. The summed E-state index contributed by atoms with van der Waals surface area (Å²) < 4.78 is 12.9. The van der Waals surface area contributed by atoms with E-state index < -0.39 is 0 Å². The lowest BCUT2D eigenvalue weighted by atomic mass is 10.3. The molecule has 5 heteroatoms. The largest absolute Gasteiger partial charge is 0.398 e. The third-order valence-corrected chi connectivity index (χ3v) is 4.30. The second-order valence-corrected chi connectivity index (χ2v) is 5.81. The van der Waals surface area contributed by atoms with Crippen molar-refractivity contribution in [1.29, 1.82) is 0 Å². The quantitative estimate of drug-likeness (QED) is 0.667. The summed E-state index contributed by atoms with van der Waals surface area (Å²) in [5.41, 5.74) is 6.32. The number of piperazine rings is 1. The van der Waals surface area contributed by atoms with Gasteiger partial charge in [0.1, 0.15) is 5.82 Å². The molecule has 1 aliphatic rings. The Hall–Kier alpha value is -0.780. The number of nitrogens with two attached hydrogens (primary N) is 1. The van der Waals surface area contributed by atoms with Crippen molar-refractivity contribution in [3.63, 3.8) is 0 Å². The number of benzene rings is 1. The Balaban J connectivity index is 1.75. The lowest BCUT2D eigenvalue weighted by Crippen LogP contribution is -2.45. The minimum absolute atomic E-state index is 0.268. The van der Waals surface area contributed by atoms with Crippen LogP contribution < -0.4 is 5.73 Å². The first-order valence-corrected chi connectivity index (χ1v) is 7.22. The van der Waals surface area contributed by atoms with Crippen molar-refractivity contribution in [1.82, 2.24) is 9.80 Å². The van der Waals surface area contributed by atoms with Crippen molar-refractivity contribution in [2.24, 2.45) is 0 Å². The van der Waals surface area contributed by atoms with E-state index >= 15 is 0 Å². The molecule has 2 N–H and O–H groups in total. The molecule has 0 amide bonds. The second-order valence-electron chi connectivity index (χ2n) is 4.68. The van der Waals surface area contributed by atoms with Crippen molar-refractivity contribution >= 4 is 17.4 Å². The van der Waals surface area contributed by atoms with Crippen LogP contribution in [-0.4, -0.2) is 55.3 Å². The van der Waals surface area contributed by atoms with Crippen molar-refractivity contribution in [3.8, 4) is 0 Å². The van der Waals surface area contributed by atoms with Crippen LogP contribution in [0.4, 0.5) is 10.1 Å². The van der Waals surface area contributed by atoms with Gasteiger partial charge in [-0.05, 0) is 25.2 Å². The van der Waals surface area contributed by atoms with Crippen molar-refractivity contribution in [3.05, 3.63) is 24.0 Å². The SMILES string of the molecule is CN1CCN(CCSc2ccc(F)cc2N)CC1. The first-order valence-electron chi connectivity index (χ1n) is 6.24. The van der Waals surface area contributed by atoms with E-state index in [0.717, 1.165) is 43.4 Å². The van der Waals surface area contributed by atoms with Gasteiger partial charge in [-0.3, -0.25) is 4.90 Å². The van der Waals surface area contributed by atoms with Gasteiger partial charge in [-0.1, -0.05) is 0 Å². The molecule has 0 aromatic heterocycles. The smallest absolute Gasteiger partial charge is 0.125 e. The lowest BCUT2D eigenvalue weighted by molar-refractivity contribution is 0.161. The Labute approximate surface area is 112 Å². The van der Waals surface area contributed by atoms with Crippen LogP contribution in [0.25, 0.3) is 0 Å². The topological polar surface area (TPSA) is 32.5 Å². The molecule has 0 unspecified atom stereocenters. The second kappa shape index (κ2) is 6.41. The van der Waals surface area contributed by atoms with E-state index in [0.29, 0.717) is 5.69 Å². The minimum atomic E-state index is -0.268. The predicted octanol–water partition coefficient (Wildman–Crippen LogP) is 1.75. The molecule has 0 bridgehead atoms. The van der Waals surface area contributed by atoms with Gasteiger partial charge in [0.2, 0.25) is 0 Å². The molecular weight excluding hydrogens is 249 g/mol. The molecule has 0 saturated carbocycles. The van der Waals surface area contributed by atoms with Crippen LogP contribution in [0.3, 0.4) is 0 Å². The van der Waals surface area contributed by atoms with Crippen LogP contribution in [0.5, 0.6) is 0 Å². The molecule has 0 radical (unpaired) electrons. The summed E-state index contributed by atoms with van der Waals surface area (Å²) in [6, 6.07) is 4.62. The monoisotopic (exact) mass is 269 g/mol. The Morgan fingerprint density at radius 3 is 2.67 bits per heavy atom. The van der Waals surface area contributed by atoms with Gasteiger partial charge in [0, 0.05) is 49.1 Å². The molecule has 1 heterocycles. The summed E-state index contributed by atoms with van der Waals surface area (Å²) in [5, 5.41) is 0. The number of nitrogen functional groups attached to an aromatic ring is 1. The zero-order chi connectivity index (χ0) is 13.0. The van der Waals surface area contributed by atoms with Gasteiger partial charge in [-0.2, -0.15) is 0 Å². The van der Waals surface area contributed by atoms with E-state index in [-0.39, 0.29) is 5.82 Å². The van der Waals surface area contributed by atoms with E-state index in [1.54, 1.807) is 17.8 Å². The summed E-state index contributed by atoms with van der Waals surface area (Å²) in [6.07, 6.45) is 0. The number of thioether (sulfide) groups is 1. The minimum Gasteiger partial charge on any atom is -0.398 e. The zero-order valence-corrected chi connectivity index (χ0v) is 11.5. The van der Waals surface area contributed by atoms with E-state index in [1.807, 2.05) is 0 Å². The maximum atomic E-state index is 12.9. The van der Waals surface area contributed by atoms with Crippen LogP contribution >= 0.6 is 11.8 Å². The maximum Gasteiger partial charge on any atom is 0.125 e. The average Bonchev–Trinajstić information content (AvgIpc) is 2.34. The average molecular weight is 269 g/mol. The highest BCUT2D eigenvalue weighted by atomic mass is 32.2. The molecule has 100 valence electrons. The van der Waals surface area contributed by atoms with Gasteiger partial charge < -0.3 is 10.6 Å². The van der Waals surface area contributed by atoms with Gasteiger partial charge in [-0.15, -0.1) is 11.8 Å². The van der Waals surface area contributed by atoms with E-state index in [2.05, 4.69) is 16.8 Å². The molecular formula is C13H20FN3S. The fraction of sp³-hybridized carbons (Fsp3) is 0.538. The van der Waals surface area contributed by atoms with E-state index in [9.17, 15) is 4.39 Å². The molecule has 1 aromatic carbocycles. The molecule has 0 atom stereocenters. The van der Waals surface area contributed by atoms with Crippen molar-refractivity contribution in [2.45, 2.75) is 4.90 Å². The fourth-order valence-corrected chi connectivity index (χ4v) is 2.97. The molecule has 0 aliphatic carbocycles. The number of rotatable bonds is 4. The fourth-order valence-electron chi connectivity index (χ4n) is 2.01. The third-order valence-electron chi connectivity index (χ3n) is 3.23. The molecule has 1 aliphatic heterocycles. The Kier molecular flexibility index (Phi) is 4.86. The highest BCUT2D eigenvalue weighted by Gasteiger charge is 2.13. The first kappa shape index (κ1) is 13.6. The van der Waals surface area contributed by atoms with Crippen LogP contribution in [-0.2, 0) is 0 Å². The van der Waals surface area contributed by atoms with Gasteiger partial charge >= 0.3 is 0 Å². The maximum absolute atomic E-state index is 12.9. The molecule has 1 saturated heterocycles. The van der Waals surface area contributed by atoms with Crippen molar-refractivity contribution < 1.29 is 4.39 Å². The number of hydrogen-bond acceptors (Lipinski definition) is 4. The molecule has 18 heavy (non-hydrogen) atoms. The van der Waals surface area contributed by atoms with Crippen LogP contribution in [0, 0.1) is 5.82 Å². The standard InChI is InChI=1S/C13H20FN3S/c1-16-4-6-17(7-5-16)8-9-18-13-3-2-11(14)10-12(13)15/h2-3,10H,4-9,15H2,1H3. The summed E-state index contributed by atoms with van der Waals surface area (Å²) in [5.74, 6) is 0.732. The normalized spacial score (nSPS) is 18.1. The van der Waals surface area contributed by atoms with Gasteiger partial charge in [-0.25, -0.2) is 4.39 Å². The van der Waals surface area contributed by atoms with Crippen LogP contribution in [0.1, 0.15) is 0 Å². The molecule has 1 aromatic rings. The van der Waals surface area contributed by atoms with Crippen LogP contribution in [0.15, 0.2) is 23.1 Å². The predicted molar refractivity (Wildman–Crippen MR) is 75.5 cm³/mol. The van der Waals surface area contributed by atoms with Gasteiger partial charge in [0.05, 0.1) is 0 Å². The number of halogens is 1. The van der Waals surface area contributed by atoms with E-state index in [4.69, 9.17) is 5.73 Å². The number of likely N-dealkylation sites (N-methyl/N-ethyl adjacent to an activating group) is 1. The zero-order valence-electron chi connectivity index (χ0n) is 10.7. The van der Waals surface area contributed by atoms with Crippen LogP contribution in [0.2, 0.25) is 0 Å².